The third kappa shape index (κ3) is 6.91. The molecule has 10 nitrogen and oxygen atoms in total. The average molecular weight is 610 g/mol. The number of fused-ring (bicyclic) bond motifs is 2. The summed E-state index contributed by atoms with van der Waals surface area (Å²) in [6.07, 6.45) is 6.09. The number of amides is 2. The van der Waals surface area contributed by atoms with Crippen LogP contribution < -0.4 is 20.1 Å². The molecule has 5 aromatic rings. The van der Waals surface area contributed by atoms with Crippen LogP contribution in [-0.2, 0) is 22.6 Å². The number of aromatic hydroxyl groups is 1. The van der Waals surface area contributed by atoms with E-state index in [1.54, 1.807) is 26.4 Å². The van der Waals surface area contributed by atoms with Gasteiger partial charge in [0.2, 0.25) is 11.8 Å². The van der Waals surface area contributed by atoms with Crippen molar-refractivity contribution in [3.8, 4) is 17.2 Å². The molecule has 1 atom stereocenters. The minimum atomic E-state index is -0.763. The molecule has 1 aliphatic heterocycles. The molecular weight excluding hydrogens is 570 g/mol. The van der Waals surface area contributed by atoms with Gasteiger partial charge in [0, 0.05) is 53.2 Å². The molecule has 3 aromatic carbocycles. The van der Waals surface area contributed by atoms with Gasteiger partial charge in [0.1, 0.15) is 23.3 Å². The highest BCUT2D eigenvalue weighted by Crippen LogP contribution is 2.34. The number of aromatic nitrogens is 2. The van der Waals surface area contributed by atoms with Gasteiger partial charge in [-0.1, -0.05) is 18.2 Å². The van der Waals surface area contributed by atoms with Gasteiger partial charge in [0.05, 0.1) is 20.8 Å². The number of methoxy groups -OCH3 is 2. The number of hydrogen-bond donors (Lipinski definition) is 5. The molecule has 2 amide bonds. The number of benzene rings is 3. The first kappa shape index (κ1) is 30.1. The molecular formula is C35H39N5O5. The van der Waals surface area contributed by atoms with Crippen molar-refractivity contribution in [2.75, 3.05) is 33.9 Å². The maximum Gasteiger partial charge on any atom is 0.243 e. The lowest BCUT2D eigenvalue weighted by atomic mass is 9.89. The molecule has 0 saturated carbocycles. The number of ether oxygens (including phenoxy) is 2. The molecule has 5 N–H and O–H groups in total. The van der Waals surface area contributed by atoms with Gasteiger partial charge in [-0.05, 0) is 84.9 Å². The molecule has 45 heavy (non-hydrogen) atoms. The van der Waals surface area contributed by atoms with Crippen molar-refractivity contribution in [2.45, 2.75) is 37.8 Å². The number of piperidine rings is 1. The van der Waals surface area contributed by atoms with E-state index in [0.717, 1.165) is 58.9 Å². The quantitative estimate of drug-likeness (QED) is 0.149. The Morgan fingerprint density at radius 1 is 0.933 bits per heavy atom. The molecule has 0 aliphatic carbocycles. The second-order valence-corrected chi connectivity index (χ2v) is 11.6. The monoisotopic (exact) mass is 609 g/mol. The normalized spacial score (nSPS) is 14.8. The average Bonchev–Trinajstić information content (AvgIpc) is 3.67. The Labute approximate surface area is 261 Å². The van der Waals surface area contributed by atoms with E-state index >= 15 is 0 Å². The van der Waals surface area contributed by atoms with Crippen LogP contribution in [0.2, 0.25) is 0 Å². The molecule has 0 unspecified atom stereocenters. The number of carbonyl (C=O) groups is 2. The van der Waals surface area contributed by atoms with Crippen LogP contribution in [0.5, 0.6) is 17.2 Å². The lowest BCUT2D eigenvalue weighted by molar-refractivity contribution is -0.129. The highest BCUT2D eigenvalue weighted by atomic mass is 16.5. The van der Waals surface area contributed by atoms with Crippen molar-refractivity contribution < 1.29 is 24.2 Å². The summed E-state index contributed by atoms with van der Waals surface area (Å²) in [4.78, 5) is 35.7. The summed E-state index contributed by atoms with van der Waals surface area (Å²) in [5, 5.41) is 18.1. The maximum absolute atomic E-state index is 13.6. The fraction of sp³-hybridized carbons (Fsp3) is 0.314. The zero-order chi connectivity index (χ0) is 31.3. The third-order valence-electron chi connectivity index (χ3n) is 8.72. The van der Waals surface area contributed by atoms with Gasteiger partial charge in [0.15, 0.2) is 0 Å². The topological polar surface area (TPSA) is 132 Å². The smallest absolute Gasteiger partial charge is 0.243 e. The number of hydrogen-bond acceptors (Lipinski definition) is 6. The van der Waals surface area contributed by atoms with E-state index in [-0.39, 0.29) is 30.7 Å². The number of phenols is 1. The highest BCUT2D eigenvalue weighted by Gasteiger charge is 2.27. The van der Waals surface area contributed by atoms with Crippen LogP contribution in [0, 0.1) is 0 Å². The maximum atomic E-state index is 13.6. The number of rotatable bonds is 11. The number of carbonyl (C=O) groups excluding carboxylic acids is 2. The predicted molar refractivity (Wildman–Crippen MR) is 174 cm³/mol. The molecule has 234 valence electrons. The van der Waals surface area contributed by atoms with E-state index in [4.69, 9.17) is 9.47 Å². The highest BCUT2D eigenvalue weighted by molar-refractivity contribution is 5.90. The summed E-state index contributed by atoms with van der Waals surface area (Å²) in [5.41, 5.74) is 4.98. The van der Waals surface area contributed by atoms with E-state index in [2.05, 4.69) is 25.5 Å². The summed E-state index contributed by atoms with van der Waals surface area (Å²) in [6, 6.07) is 18.0. The lowest BCUT2D eigenvalue weighted by Gasteiger charge is -2.31. The number of nitrogens with one attached hydrogen (secondary N) is 4. The zero-order valence-corrected chi connectivity index (χ0v) is 25.6. The number of aromatic amines is 2. The molecule has 0 bridgehead atoms. The number of phenolic OH excluding ortho intramolecular Hbond substituents is 1. The van der Waals surface area contributed by atoms with Crippen LogP contribution in [0.1, 0.15) is 35.4 Å². The minimum absolute atomic E-state index is 0.187. The van der Waals surface area contributed by atoms with E-state index in [9.17, 15) is 14.7 Å². The van der Waals surface area contributed by atoms with E-state index in [1.165, 1.54) is 5.56 Å². The molecule has 1 saturated heterocycles. The third-order valence-corrected chi connectivity index (χ3v) is 8.72. The zero-order valence-electron chi connectivity index (χ0n) is 25.6. The summed E-state index contributed by atoms with van der Waals surface area (Å²) >= 11 is 0. The van der Waals surface area contributed by atoms with Gasteiger partial charge in [-0.15, -0.1) is 0 Å². The first-order valence-electron chi connectivity index (χ1n) is 15.3. The van der Waals surface area contributed by atoms with Crippen molar-refractivity contribution >= 4 is 33.6 Å². The van der Waals surface area contributed by atoms with Crippen molar-refractivity contribution in [3.05, 3.63) is 89.7 Å². The number of para-hydroxylation sites is 1. The molecule has 6 rings (SSSR count). The lowest BCUT2D eigenvalue weighted by Crippen LogP contribution is -2.51. The molecule has 3 heterocycles. The fourth-order valence-electron chi connectivity index (χ4n) is 6.32. The van der Waals surface area contributed by atoms with Gasteiger partial charge >= 0.3 is 0 Å². The Morgan fingerprint density at radius 3 is 2.40 bits per heavy atom. The Bertz CT molecular complexity index is 1780. The van der Waals surface area contributed by atoms with Crippen molar-refractivity contribution in [2.24, 2.45) is 0 Å². The number of H-pyrrole nitrogens is 2. The van der Waals surface area contributed by atoms with Crippen LogP contribution in [0.4, 0.5) is 0 Å². The largest absolute Gasteiger partial charge is 0.508 e. The standard InChI is InChI=1S/C35H39N5O5/c1-44-26-13-22(14-27(17-26)45-2)18-38-35(43)33(15-24-19-36-31-6-4-3-5-28(24)31)39-34(42)21-40-11-9-23(10-12-40)30-20-37-32-8-7-25(41)16-29(30)32/h3-8,13-14,16-17,19-20,23,33,36-37,41H,9-12,15,18,21H2,1-2H3,(H,38,43)(H,39,42)/t33-/m1/s1. The van der Waals surface area contributed by atoms with Crippen LogP contribution in [0.3, 0.4) is 0 Å². The van der Waals surface area contributed by atoms with Gasteiger partial charge in [-0.3, -0.25) is 14.5 Å². The Kier molecular flexibility index (Phi) is 8.93. The van der Waals surface area contributed by atoms with Crippen molar-refractivity contribution in [1.82, 2.24) is 25.5 Å². The Morgan fingerprint density at radius 2 is 1.64 bits per heavy atom. The van der Waals surface area contributed by atoms with E-state index < -0.39 is 6.04 Å². The van der Waals surface area contributed by atoms with Crippen LogP contribution in [0.25, 0.3) is 21.8 Å². The summed E-state index contributed by atoms with van der Waals surface area (Å²) in [6.45, 7) is 2.00. The Balaban J connectivity index is 1.11. The first-order valence-corrected chi connectivity index (χ1v) is 15.3. The second-order valence-electron chi connectivity index (χ2n) is 11.6. The molecule has 1 aliphatic rings. The molecule has 1 fully saturated rings. The second kappa shape index (κ2) is 13.4. The molecule has 0 spiro atoms. The molecule has 10 heteroatoms. The number of likely N-dealkylation sites (tertiary alicyclic amines) is 1. The summed E-state index contributed by atoms with van der Waals surface area (Å²) in [5.74, 6) is 1.41. The van der Waals surface area contributed by atoms with E-state index in [0.29, 0.717) is 23.8 Å². The Hall–Kier alpha value is -4.96. The SMILES string of the molecule is COc1cc(CNC(=O)[C@@H](Cc2c[nH]c3ccccc23)NC(=O)CN2CCC(c3c[nH]c4ccc(O)cc34)CC2)cc(OC)c1. The van der Waals surface area contributed by atoms with Crippen LogP contribution >= 0.6 is 0 Å². The minimum Gasteiger partial charge on any atom is -0.508 e. The van der Waals surface area contributed by atoms with Crippen LogP contribution in [-0.4, -0.2) is 71.7 Å². The summed E-state index contributed by atoms with van der Waals surface area (Å²) < 4.78 is 10.7. The van der Waals surface area contributed by atoms with Crippen LogP contribution in [0.15, 0.2) is 73.1 Å². The molecule has 0 radical (unpaired) electrons. The predicted octanol–water partition coefficient (Wildman–Crippen LogP) is 4.60. The van der Waals surface area contributed by atoms with Crippen molar-refractivity contribution in [1.29, 1.82) is 0 Å². The van der Waals surface area contributed by atoms with Gasteiger partial charge in [-0.2, -0.15) is 0 Å². The number of nitrogens with zero attached hydrogens (tertiary/aromatic N) is 1. The van der Waals surface area contributed by atoms with E-state index in [1.807, 2.05) is 60.9 Å². The molecule has 2 aromatic heterocycles. The first-order chi connectivity index (χ1) is 21.9. The van der Waals surface area contributed by atoms with Gasteiger partial charge < -0.3 is 35.2 Å². The fourth-order valence-corrected chi connectivity index (χ4v) is 6.32. The van der Waals surface area contributed by atoms with Crippen molar-refractivity contribution in [3.63, 3.8) is 0 Å². The van der Waals surface area contributed by atoms with Gasteiger partial charge in [0.25, 0.3) is 0 Å². The van der Waals surface area contributed by atoms with Gasteiger partial charge in [-0.25, -0.2) is 0 Å². The summed E-state index contributed by atoms with van der Waals surface area (Å²) in [7, 11) is 3.17.